The SMILES string of the molecule is O=C(CCCCCNC(=O)N1CCn2c1nc1ccccc12)N[C@@H](Cc1ccccc1)C(=O)O. The highest BCUT2D eigenvalue weighted by Gasteiger charge is 2.28. The van der Waals surface area contributed by atoms with Crippen molar-refractivity contribution in [2.45, 2.75) is 44.7 Å². The van der Waals surface area contributed by atoms with Gasteiger partial charge in [0.15, 0.2) is 0 Å². The van der Waals surface area contributed by atoms with Gasteiger partial charge < -0.3 is 20.3 Å². The van der Waals surface area contributed by atoms with Crippen LogP contribution in [-0.4, -0.2) is 51.7 Å². The summed E-state index contributed by atoms with van der Waals surface area (Å²) in [5, 5.41) is 14.9. The Morgan fingerprint density at radius 1 is 0.971 bits per heavy atom. The molecule has 0 fully saturated rings. The summed E-state index contributed by atoms with van der Waals surface area (Å²) < 4.78 is 2.05. The van der Waals surface area contributed by atoms with Crippen LogP contribution in [0.1, 0.15) is 31.2 Å². The molecule has 1 atom stereocenters. The molecule has 0 spiro atoms. The number of benzene rings is 2. The van der Waals surface area contributed by atoms with Gasteiger partial charge in [-0.1, -0.05) is 48.9 Å². The molecule has 0 bridgehead atoms. The molecular formula is C25H29N5O4. The summed E-state index contributed by atoms with van der Waals surface area (Å²) in [5.41, 5.74) is 2.77. The van der Waals surface area contributed by atoms with Crippen LogP contribution < -0.4 is 15.5 Å². The lowest BCUT2D eigenvalue weighted by molar-refractivity contribution is -0.141. The number of carboxylic acid groups (broad SMARTS) is 1. The van der Waals surface area contributed by atoms with Gasteiger partial charge in [-0.25, -0.2) is 14.6 Å². The molecule has 3 amide bonds. The highest BCUT2D eigenvalue weighted by molar-refractivity contribution is 5.93. The van der Waals surface area contributed by atoms with Gasteiger partial charge in [0.1, 0.15) is 6.04 Å². The van der Waals surface area contributed by atoms with Gasteiger partial charge in [-0.3, -0.25) is 9.69 Å². The zero-order valence-corrected chi connectivity index (χ0v) is 18.9. The molecule has 34 heavy (non-hydrogen) atoms. The summed E-state index contributed by atoms with van der Waals surface area (Å²) in [6.07, 6.45) is 2.61. The summed E-state index contributed by atoms with van der Waals surface area (Å²) in [7, 11) is 0. The summed E-state index contributed by atoms with van der Waals surface area (Å²) in [6, 6.07) is 16.0. The van der Waals surface area contributed by atoms with Crippen molar-refractivity contribution in [3.05, 3.63) is 60.2 Å². The van der Waals surface area contributed by atoms with E-state index in [2.05, 4.69) is 20.2 Å². The third-order valence-electron chi connectivity index (χ3n) is 5.94. The van der Waals surface area contributed by atoms with E-state index in [0.29, 0.717) is 25.5 Å². The molecule has 0 aliphatic carbocycles. The number of hydrogen-bond acceptors (Lipinski definition) is 4. The quantitative estimate of drug-likeness (QED) is 0.400. The molecule has 2 heterocycles. The van der Waals surface area contributed by atoms with E-state index in [9.17, 15) is 19.5 Å². The standard InChI is InChI=1S/C25H29N5O4/c31-22(27-20(23(32)33)17-18-9-3-1-4-10-18)13-5-2-8-14-26-25(34)30-16-15-29-21-12-7-6-11-19(21)28-24(29)30/h1,3-4,6-7,9-12,20H,2,5,8,13-17H2,(H,26,34)(H,27,31)(H,32,33)/t20-/m0/s1. The first kappa shape index (κ1) is 23.3. The smallest absolute Gasteiger partial charge is 0.326 e. The average Bonchev–Trinajstić information content (AvgIpc) is 3.41. The Morgan fingerprint density at radius 2 is 1.74 bits per heavy atom. The molecule has 1 aromatic heterocycles. The van der Waals surface area contributed by atoms with E-state index in [4.69, 9.17) is 0 Å². The van der Waals surface area contributed by atoms with Crippen molar-refractivity contribution < 1.29 is 19.5 Å². The molecule has 2 aromatic carbocycles. The normalized spacial score (nSPS) is 13.5. The van der Waals surface area contributed by atoms with Gasteiger partial charge in [0.05, 0.1) is 11.0 Å². The molecule has 1 aliphatic rings. The van der Waals surface area contributed by atoms with Crippen LogP contribution in [0, 0.1) is 0 Å². The Kier molecular flexibility index (Phi) is 7.41. The van der Waals surface area contributed by atoms with Gasteiger partial charge in [0, 0.05) is 32.5 Å². The Hall–Kier alpha value is -3.88. The highest BCUT2D eigenvalue weighted by Crippen LogP contribution is 2.26. The molecule has 0 unspecified atom stereocenters. The Balaban J connectivity index is 1.15. The van der Waals surface area contributed by atoms with Crippen LogP contribution in [0.4, 0.5) is 10.7 Å². The minimum absolute atomic E-state index is 0.169. The van der Waals surface area contributed by atoms with Crippen molar-refractivity contribution in [3.8, 4) is 0 Å². The maximum atomic E-state index is 12.6. The van der Waals surface area contributed by atoms with Crippen molar-refractivity contribution >= 4 is 34.9 Å². The predicted octanol–water partition coefficient (Wildman–Crippen LogP) is 2.94. The van der Waals surface area contributed by atoms with Crippen LogP contribution in [0.15, 0.2) is 54.6 Å². The number of nitrogens with one attached hydrogen (secondary N) is 2. The zero-order valence-electron chi connectivity index (χ0n) is 18.9. The number of rotatable bonds is 10. The van der Waals surface area contributed by atoms with Crippen molar-refractivity contribution in [1.29, 1.82) is 0 Å². The monoisotopic (exact) mass is 463 g/mol. The van der Waals surface area contributed by atoms with Crippen molar-refractivity contribution in [2.75, 3.05) is 18.0 Å². The lowest BCUT2D eigenvalue weighted by atomic mass is 10.1. The Morgan fingerprint density at radius 3 is 2.53 bits per heavy atom. The fourth-order valence-electron chi connectivity index (χ4n) is 4.18. The third-order valence-corrected chi connectivity index (χ3v) is 5.94. The first-order valence-electron chi connectivity index (χ1n) is 11.6. The van der Waals surface area contributed by atoms with Gasteiger partial charge >= 0.3 is 12.0 Å². The largest absolute Gasteiger partial charge is 0.480 e. The number of carbonyl (C=O) groups is 3. The van der Waals surface area contributed by atoms with Crippen LogP contribution in [0.25, 0.3) is 11.0 Å². The van der Waals surface area contributed by atoms with Crippen molar-refractivity contribution in [3.63, 3.8) is 0 Å². The van der Waals surface area contributed by atoms with Crippen LogP contribution in [0.2, 0.25) is 0 Å². The molecule has 0 saturated carbocycles. The first-order chi connectivity index (χ1) is 16.5. The number of carboxylic acids is 1. The number of para-hydroxylation sites is 2. The van der Waals surface area contributed by atoms with Crippen LogP contribution in [-0.2, 0) is 22.6 Å². The number of carbonyl (C=O) groups excluding carboxylic acids is 2. The number of fused-ring (bicyclic) bond motifs is 3. The molecule has 3 aromatic rings. The van der Waals surface area contributed by atoms with Crippen LogP contribution in [0.3, 0.4) is 0 Å². The molecule has 1 aliphatic heterocycles. The second kappa shape index (κ2) is 10.8. The number of anilines is 1. The molecular weight excluding hydrogens is 434 g/mol. The number of amides is 3. The fraction of sp³-hybridized carbons (Fsp3) is 0.360. The minimum atomic E-state index is -1.05. The lowest BCUT2D eigenvalue weighted by Crippen LogP contribution is -2.42. The van der Waals surface area contributed by atoms with Crippen LogP contribution in [0.5, 0.6) is 0 Å². The van der Waals surface area contributed by atoms with Gasteiger partial charge in [0.2, 0.25) is 11.9 Å². The van der Waals surface area contributed by atoms with E-state index in [1.165, 1.54) is 0 Å². The highest BCUT2D eigenvalue weighted by atomic mass is 16.4. The van der Waals surface area contributed by atoms with Crippen molar-refractivity contribution in [1.82, 2.24) is 20.2 Å². The Bertz CT molecular complexity index is 1160. The van der Waals surface area contributed by atoms with E-state index in [1.807, 2.05) is 54.6 Å². The zero-order chi connectivity index (χ0) is 23.9. The first-order valence-corrected chi connectivity index (χ1v) is 11.6. The van der Waals surface area contributed by atoms with E-state index in [0.717, 1.165) is 36.0 Å². The number of unbranched alkanes of at least 4 members (excludes halogenated alkanes) is 2. The average molecular weight is 464 g/mol. The topological polar surface area (TPSA) is 117 Å². The number of aliphatic carboxylic acids is 1. The lowest BCUT2D eigenvalue weighted by Gasteiger charge is -2.15. The van der Waals surface area contributed by atoms with Gasteiger partial charge in [-0.2, -0.15) is 0 Å². The molecule has 0 radical (unpaired) electrons. The molecule has 0 saturated heterocycles. The van der Waals surface area contributed by atoms with Gasteiger partial charge in [0.25, 0.3) is 0 Å². The predicted molar refractivity (Wildman–Crippen MR) is 129 cm³/mol. The second-order valence-electron chi connectivity index (χ2n) is 8.39. The molecule has 178 valence electrons. The van der Waals surface area contributed by atoms with E-state index >= 15 is 0 Å². The number of nitrogens with zero attached hydrogens (tertiary/aromatic N) is 3. The van der Waals surface area contributed by atoms with E-state index in [-0.39, 0.29) is 24.8 Å². The van der Waals surface area contributed by atoms with E-state index in [1.54, 1.807) is 4.90 Å². The molecule has 9 nitrogen and oxygen atoms in total. The Labute approximate surface area is 197 Å². The van der Waals surface area contributed by atoms with Crippen LogP contribution >= 0.6 is 0 Å². The van der Waals surface area contributed by atoms with Crippen molar-refractivity contribution in [2.24, 2.45) is 0 Å². The molecule has 4 rings (SSSR count). The summed E-state index contributed by atoms with van der Waals surface area (Å²) in [5.74, 6) is -0.655. The van der Waals surface area contributed by atoms with Gasteiger partial charge in [-0.15, -0.1) is 0 Å². The maximum absolute atomic E-state index is 12.6. The maximum Gasteiger partial charge on any atom is 0.326 e. The van der Waals surface area contributed by atoms with E-state index < -0.39 is 12.0 Å². The summed E-state index contributed by atoms with van der Waals surface area (Å²) in [4.78, 5) is 42.5. The third kappa shape index (κ3) is 5.54. The number of urea groups is 1. The molecule has 9 heteroatoms. The van der Waals surface area contributed by atoms with Gasteiger partial charge in [-0.05, 0) is 30.5 Å². The second-order valence-corrected chi connectivity index (χ2v) is 8.39. The number of hydrogen-bond donors (Lipinski definition) is 3. The number of imidazole rings is 1. The number of aromatic nitrogens is 2. The summed E-state index contributed by atoms with van der Waals surface area (Å²) in [6.45, 7) is 1.82. The summed E-state index contributed by atoms with van der Waals surface area (Å²) >= 11 is 0. The fourth-order valence-corrected chi connectivity index (χ4v) is 4.18. The molecule has 3 N–H and O–H groups in total. The minimum Gasteiger partial charge on any atom is -0.480 e.